The van der Waals surface area contributed by atoms with E-state index >= 15 is 0 Å². The Hall–Kier alpha value is -2.88. The topological polar surface area (TPSA) is 51.2 Å². The van der Waals surface area contributed by atoms with Crippen molar-refractivity contribution in [3.8, 4) is 5.75 Å². The highest BCUT2D eigenvalue weighted by atomic mass is 16.5. The smallest absolute Gasteiger partial charge is 0.258 e. The second-order valence-corrected chi connectivity index (χ2v) is 5.34. The number of ether oxygens (including phenoxy) is 1. The van der Waals surface area contributed by atoms with E-state index in [0.717, 1.165) is 16.5 Å². The highest BCUT2D eigenvalue weighted by Crippen LogP contribution is 2.20. The van der Waals surface area contributed by atoms with Crippen LogP contribution in [0.5, 0.6) is 5.75 Å². The molecule has 0 radical (unpaired) electrons. The van der Waals surface area contributed by atoms with Gasteiger partial charge in [0.05, 0.1) is 11.7 Å². The van der Waals surface area contributed by atoms with Gasteiger partial charge in [0.15, 0.2) is 6.61 Å². The summed E-state index contributed by atoms with van der Waals surface area (Å²) in [5, 5.41) is 5.11. The van der Waals surface area contributed by atoms with Crippen LogP contribution in [0.2, 0.25) is 0 Å². The number of rotatable bonds is 5. The van der Waals surface area contributed by atoms with Crippen LogP contribution in [0.1, 0.15) is 18.7 Å². The van der Waals surface area contributed by atoms with Gasteiger partial charge in [-0.15, -0.1) is 0 Å². The molecule has 4 nitrogen and oxygen atoms in total. The van der Waals surface area contributed by atoms with Crippen LogP contribution in [0.15, 0.2) is 66.9 Å². The third-order valence-corrected chi connectivity index (χ3v) is 3.60. The second kappa shape index (κ2) is 6.92. The predicted octanol–water partition coefficient (Wildman–Crippen LogP) is 3.49. The molecule has 0 saturated carbocycles. The number of fused-ring (bicyclic) bond motifs is 1. The number of amides is 1. The van der Waals surface area contributed by atoms with Gasteiger partial charge >= 0.3 is 0 Å². The lowest BCUT2D eigenvalue weighted by Crippen LogP contribution is -2.31. The van der Waals surface area contributed by atoms with Crippen molar-refractivity contribution in [1.82, 2.24) is 10.3 Å². The highest BCUT2D eigenvalue weighted by Gasteiger charge is 2.10. The normalized spacial score (nSPS) is 11.9. The van der Waals surface area contributed by atoms with Crippen molar-refractivity contribution in [3.05, 3.63) is 72.6 Å². The van der Waals surface area contributed by atoms with Crippen LogP contribution in [-0.4, -0.2) is 17.5 Å². The van der Waals surface area contributed by atoms with E-state index in [0.29, 0.717) is 5.75 Å². The highest BCUT2D eigenvalue weighted by molar-refractivity contribution is 5.84. The maximum Gasteiger partial charge on any atom is 0.258 e. The molecule has 3 rings (SSSR count). The predicted molar refractivity (Wildman–Crippen MR) is 90.2 cm³/mol. The number of carbonyl (C=O) groups excluding carboxylic acids is 1. The number of pyridine rings is 1. The molecule has 1 N–H and O–H groups in total. The lowest BCUT2D eigenvalue weighted by Gasteiger charge is -2.14. The average molecular weight is 306 g/mol. The summed E-state index contributed by atoms with van der Waals surface area (Å²) in [6.45, 7) is 1.88. The van der Waals surface area contributed by atoms with Crippen LogP contribution < -0.4 is 10.1 Å². The lowest BCUT2D eigenvalue weighted by molar-refractivity contribution is -0.123. The van der Waals surface area contributed by atoms with Crippen molar-refractivity contribution in [2.24, 2.45) is 0 Å². The van der Waals surface area contributed by atoms with Crippen LogP contribution in [0, 0.1) is 0 Å². The van der Waals surface area contributed by atoms with E-state index in [9.17, 15) is 4.79 Å². The maximum atomic E-state index is 12.0. The van der Waals surface area contributed by atoms with Gasteiger partial charge in [0.2, 0.25) is 0 Å². The number of benzene rings is 2. The number of nitrogens with one attached hydrogen (secondary N) is 1. The van der Waals surface area contributed by atoms with E-state index in [1.54, 1.807) is 6.20 Å². The Balaban J connectivity index is 1.57. The molecule has 2 aromatic carbocycles. The summed E-state index contributed by atoms with van der Waals surface area (Å²) in [5.41, 5.74) is 0.826. The van der Waals surface area contributed by atoms with Crippen molar-refractivity contribution < 1.29 is 9.53 Å². The van der Waals surface area contributed by atoms with Gasteiger partial charge in [-0.3, -0.25) is 9.78 Å². The van der Waals surface area contributed by atoms with Crippen LogP contribution in [0.25, 0.3) is 10.8 Å². The SMILES string of the molecule is CC(NC(=O)COc1ccc2ccccc2c1)c1ccccn1. The molecule has 1 unspecified atom stereocenters. The summed E-state index contributed by atoms with van der Waals surface area (Å²) >= 11 is 0. The van der Waals surface area contributed by atoms with Gasteiger partial charge in [-0.2, -0.15) is 0 Å². The zero-order valence-electron chi connectivity index (χ0n) is 12.9. The summed E-state index contributed by atoms with van der Waals surface area (Å²) in [5.74, 6) is 0.514. The molecule has 1 heterocycles. The van der Waals surface area contributed by atoms with E-state index in [1.165, 1.54) is 0 Å². The first-order valence-electron chi connectivity index (χ1n) is 7.54. The van der Waals surface area contributed by atoms with Crippen LogP contribution in [-0.2, 0) is 4.79 Å². The minimum Gasteiger partial charge on any atom is -0.484 e. The third kappa shape index (κ3) is 3.86. The summed E-state index contributed by atoms with van der Waals surface area (Å²) in [7, 11) is 0. The van der Waals surface area contributed by atoms with Gasteiger partial charge in [-0.1, -0.05) is 36.4 Å². The molecule has 0 fully saturated rings. The van der Waals surface area contributed by atoms with Gasteiger partial charge in [-0.05, 0) is 42.0 Å². The minimum absolute atomic E-state index is 0.0183. The quantitative estimate of drug-likeness (QED) is 0.785. The van der Waals surface area contributed by atoms with Crippen LogP contribution >= 0.6 is 0 Å². The molecule has 1 atom stereocenters. The Labute approximate surface area is 135 Å². The first-order chi connectivity index (χ1) is 11.2. The van der Waals surface area contributed by atoms with Crippen LogP contribution in [0.3, 0.4) is 0 Å². The molecule has 3 aromatic rings. The number of aromatic nitrogens is 1. The Kier molecular flexibility index (Phi) is 4.52. The molecule has 116 valence electrons. The van der Waals surface area contributed by atoms with Crippen molar-refractivity contribution >= 4 is 16.7 Å². The fourth-order valence-electron chi connectivity index (χ4n) is 2.40. The molecule has 23 heavy (non-hydrogen) atoms. The number of carbonyl (C=O) groups is 1. The fraction of sp³-hybridized carbons (Fsp3) is 0.158. The zero-order chi connectivity index (χ0) is 16.1. The van der Waals surface area contributed by atoms with Crippen molar-refractivity contribution in [2.75, 3.05) is 6.61 Å². The van der Waals surface area contributed by atoms with Crippen molar-refractivity contribution in [2.45, 2.75) is 13.0 Å². The van der Waals surface area contributed by atoms with E-state index < -0.39 is 0 Å². The van der Waals surface area contributed by atoms with Gasteiger partial charge in [0.1, 0.15) is 5.75 Å². The number of hydrogen-bond donors (Lipinski definition) is 1. The molecule has 0 aliphatic heterocycles. The third-order valence-electron chi connectivity index (χ3n) is 3.60. The molecule has 0 spiro atoms. The van der Waals surface area contributed by atoms with E-state index in [2.05, 4.69) is 10.3 Å². The van der Waals surface area contributed by atoms with Gasteiger partial charge in [0, 0.05) is 6.20 Å². The van der Waals surface area contributed by atoms with Gasteiger partial charge in [-0.25, -0.2) is 0 Å². The molecule has 0 aliphatic rings. The standard InChI is InChI=1S/C19H18N2O2/c1-14(18-8-4-5-11-20-18)21-19(22)13-23-17-10-9-15-6-2-3-7-16(15)12-17/h2-12,14H,13H2,1H3,(H,21,22). The summed E-state index contributed by atoms with van der Waals surface area (Å²) < 4.78 is 5.58. The summed E-state index contributed by atoms with van der Waals surface area (Å²) in [6, 6.07) is 19.3. The first-order valence-corrected chi connectivity index (χ1v) is 7.54. The Bertz CT molecular complexity index is 803. The number of hydrogen-bond acceptors (Lipinski definition) is 3. The lowest BCUT2D eigenvalue weighted by atomic mass is 10.1. The van der Waals surface area contributed by atoms with E-state index in [1.807, 2.05) is 67.6 Å². The molecule has 4 heteroatoms. The van der Waals surface area contributed by atoms with Crippen LogP contribution in [0.4, 0.5) is 0 Å². The van der Waals surface area contributed by atoms with Gasteiger partial charge < -0.3 is 10.1 Å². The second-order valence-electron chi connectivity index (χ2n) is 5.34. The molecule has 0 bridgehead atoms. The summed E-state index contributed by atoms with van der Waals surface area (Å²) in [4.78, 5) is 16.2. The monoisotopic (exact) mass is 306 g/mol. The van der Waals surface area contributed by atoms with Gasteiger partial charge in [0.25, 0.3) is 5.91 Å². The Morgan fingerprint density at radius 2 is 1.87 bits per heavy atom. The summed E-state index contributed by atoms with van der Waals surface area (Å²) in [6.07, 6.45) is 1.71. The Morgan fingerprint density at radius 1 is 1.09 bits per heavy atom. The minimum atomic E-state index is -0.170. The molecule has 0 aliphatic carbocycles. The number of nitrogens with zero attached hydrogens (tertiary/aromatic N) is 1. The van der Waals surface area contributed by atoms with E-state index in [4.69, 9.17) is 4.74 Å². The van der Waals surface area contributed by atoms with Crippen molar-refractivity contribution in [3.63, 3.8) is 0 Å². The molecule has 1 amide bonds. The largest absolute Gasteiger partial charge is 0.484 e. The molecule has 1 aromatic heterocycles. The average Bonchev–Trinajstić information content (AvgIpc) is 2.60. The molecular formula is C19H18N2O2. The Morgan fingerprint density at radius 3 is 2.65 bits per heavy atom. The van der Waals surface area contributed by atoms with Crippen molar-refractivity contribution in [1.29, 1.82) is 0 Å². The zero-order valence-corrected chi connectivity index (χ0v) is 12.9. The first kappa shape index (κ1) is 15.0. The molecular weight excluding hydrogens is 288 g/mol. The van der Waals surface area contributed by atoms with E-state index in [-0.39, 0.29) is 18.6 Å². The maximum absolute atomic E-state index is 12.0. The molecule has 0 saturated heterocycles. The fourth-order valence-corrected chi connectivity index (χ4v) is 2.40.